The molecule has 19 heavy (non-hydrogen) atoms. The molecule has 0 spiro atoms. The van der Waals surface area contributed by atoms with Crippen molar-refractivity contribution in [2.75, 3.05) is 13.2 Å². The summed E-state index contributed by atoms with van der Waals surface area (Å²) >= 11 is 0. The van der Waals surface area contributed by atoms with Crippen LogP contribution in [-0.2, 0) is 13.6 Å². The van der Waals surface area contributed by atoms with Crippen LogP contribution in [0.5, 0.6) is 0 Å². The Hall–Kier alpha value is 0.0969. The zero-order valence-corrected chi connectivity index (χ0v) is 14.6. The van der Waals surface area contributed by atoms with Crippen molar-refractivity contribution in [3.05, 3.63) is 0 Å². The van der Waals surface area contributed by atoms with Crippen molar-refractivity contribution in [3.8, 4) is 0 Å². The van der Waals surface area contributed by atoms with Gasteiger partial charge in [-0.2, -0.15) is 0 Å². The van der Waals surface area contributed by atoms with Crippen molar-refractivity contribution < 1.29 is 13.6 Å². The minimum absolute atomic E-state index is 0.139. The summed E-state index contributed by atoms with van der Waals surface area (Å²) in [5, 5.41) is 0. The smallest absolute Gasteiger partial charge is 0.334 e. The van der Waals surface area contributed by atoms with E-state index in [2.05, 4.69) is 41.2 Å². The van der Waals surface area contributed by atoms with Crippen molar-refractivity contribution >= 4 is 8.56 Å². The lowest BCUT2D eigenvalue weighted by atomic mass is 9.98. The van der Waals surface area contributed by atoms with E-state index in [0.29, 0.717) is 6.10 Å². The van der Waals surface area contributed by atoms with E-state index in [1.165, 1.54) is 19.3 Å². The first-order chi connectivity index (χ1) is 8.83. The van der Waals surface area contributed by atoms with Crippen molar-refractivity contribution in [1.82, 2.24) is 0 Å². The Balaban J connectivity index is 2.21. The molecule has 0 radical (unpaired) electrons. The van der Waals surface area contributed by atoms with Gasteiger partial charge in [-0.1, -0.05) is 6.92 Å². The number of hydrogen-bond donors (Lipinski definition) is 0. The highest BCUT2D eigenvalue weighted by atomic mass is 28.4. The zero-order valence-electron chi connectivity index (χ0n) is 13.6. The van der Waals surface area contributed by atoms with Crippen LogP contribution < -0.4 is 0 Å². The molecule has 1 aliphatic heterocycles. The number of hydrogen-bond acceptors (Lipinski definition) is 3. The second-order valence-electron chi connectivity index (χ2n) is 6.43. The van der Waals surface area contributed by atoms with E-state index in [9.17, 15) is 0 Å². The average molecular weight is 289 g/mol. The Kier molecular flexibility index (Phi) is 6.50. The summed E-state index contributed by atoms with van der Waals surface area (Å²) < 4.78 is 17.4. The van der Waals surface area contributed by atoms with Crippen LogP contribution in [0.4, 0.5) is 0 Å². The fourth-order valence-electron chi connectivity index (χ4n) is 2.62. The first-order valence-corrected chi connectivity index (χ1v) is 10.3. The summed E-state index contributed by atoms with van der Waals surface area (Å²) in [7, 11) is -1.91. The Morgan fingerprint density at radius 2 is 1.68 bits per heavy atom. The van der Waals surface area contributed by atoms with E-state index in [1.54, 1.807) is 0 Å². The molecule has 0 bridgehead atoms. The molecule has 0 aromatic heterocycles. The Bertz CT molecular complexity index is 262. The van der Waals surface area contributed by atoms with Crippen molar-refractivity contribution in [2.45, 2.75) is 78.2 Å². The predicted octanol–water partition coefficient (Wildman–Crippen LogP) is 4.12. The van der Waals surface area contributed by atoms with Gasteiger partial charge in [0.2, 0.25) is 0 Å². The maximum atomic E-state index is 5.88. The Morgan fingerprint density at radius 1 is 1.16 bits per heavy atom. The SMILES string of the molecule is CCO[Si](C)(CCC(C)CCC1OC1(C)C)OCC. The molecule has 4 heteroatoms. The molecule has 1 saturated heterocycles. The molecule has 2 atom stereocenters. The third kappa shape index (κ3) is 5.94. The summed E-state index contributed by atoms with van der Waals surface area (Å²) in [6.07, 6.45) is 4.12. The molecular weight excluding hydrogens is 256 g/mol. The van der Waals surface area contributed by atoms with Crippen LogP contribution in [0.1, 0.15) is 53.9 Å². The highest BCUT2D eigenvalue weighted by Gasteiger charge is 2.47. The molecule has 1 aliphatic rings. The Labute approximate surface area is 120 Å². The van der Waals surface area contributed by atoms with E-state index in [0.717, 1.165) is 25.2 Å². The Morgan fingerprint density at radius 3 is 2.11 bits per heavy atom. The molecule has 2 unspecified atom stereocenters. The van der Waals surface area contributed by atoms with Crippen LogP contribution in [0.2, 0.25) is 12.6 Å². The van der Waals surface area contributed by atoms with Gasteiger partial charge >= 0.3 is 8.56 Å². The summed E-state index contributed by atoms with van der Waals surface area (Å²) in [5.41, 5.74) is 0.139. The van der Waals surface area contributed by atoms with Crippen LogP contribution >= 0.6 is 0 Å². The van der Waals surface area contributed by atoms with Crippen LogP contribution in [0.15, 0.2) is 0 Å². The largest absolute Gasteiger partial charge is 0.395 e. The fourth-order valence-corrected chi connectivity index (χ4v) is 5.24. The summed E-state index contributed by atoms with van der Waals surface area (Å²) in [4.78, 5) is 0. The minimum Gasteiger partial charge on any atom is -0.395 e. The predicted molar refractivity (Wildman–Crippen MR) is 81.6 cm³/mol. The zero-order chi connectivity index (χ0) is 14.5. The van der Waals surface area contributed by atoms with Gasteiger partial charge in [0.1, 0.15) is 0 Å². The average Bonchev–Trinajstić information content (AvgIpc) is 2.93. The molecule has 0 N–H and O–H groups in total. The summed E-state index contributed by atoms with van der Waals surface area (Å²) in [6.45, 7) is 14.5. The third-order valence-corrected chi connectivity index (χ3v) is 7.07. The fraction of sp³-hybridized carbons (Fsp3) is 1.00. The molecular formula is C15H32O3Si. The monoisotopic (exact) mass is 288 g/mol. The van der Waals surface area contributed by atoms with Gasteiger partial charge in [-0.05, 0) is 65.5 Å². The van der Waals surface area contributed by atoms with Gasteiger partial charge in [0.05, 0.1) is 11.7 Å². The molecule has 0 amide bonds. The maximum absolute atomic E-state index is 5.88. The highest BCUT2D eigenvalue weighted by Crippen LogP contribution is 2.39. The van der Waals surface area contributed by atoms with Crippen molar-refractivity contribution in [3.63, 3.8) is 0 Å². The summed E-state index contributed by atoms with van der Waals surface area (Å²) in [5.74, 6) is 0.729. The summed E-state index contributed by atoms with van der Waals surface area (Å²) in [6, 6.07) is 1.10. The molecule has 0 aliphatic carbocycles. The third-order valence-electron chi connectivity index (χ3n) is 4.08. The van der Waals surface area contributed by atoms with Gasteiger partial charge in [-0.3, -0.25) is 0 Å². The van der Waals surface area contributed by atoms with Crippen molar-refractivity contribution in [1.29, 1.82) is 0 Å². The number of ether oxygens (including phenoxy) is 1. The molecule has 0 saturated carbocycles. The van der Waals surface area contributed by atoms with E-state index in [-0.39, 0.29) is 5.60 Å². The normalized spacial score (nSPS) is 23.4. The lowest BCUT2D eigenvalue weighted by molar-refractivity contribution is 0.186. The molecule has 0 aromatic rings. The van der Waals surface area contributed by atoms with Gasteiger partial charge in [-0.25, -0.2) is 0 Å². The maximum Gasteiger partial charge on any atom is 0.334 e. The number of rotatable bonds is 10. The number of epoxide rings is 1. The van der Waals surface area contributed by atoms with Crippen LogP contribution in [0.25, 0.3) is 0 Å². The quantitative estimate of drug-likeness (QED) is 0.447. The minimum atomic E-state index is -1.91. The lowest BCUT2D eigenvalue weighted by Gasteiger charge is -2.27. The molecule has 114 valence electrons. The van der Waals surface area contributed by atoms with Gasteiger partial charge in [0.25, 0.3) is 0 Å². The second-order valence-corrected chi connectivity index (χ2v) is 9.78. The molecule has 3 nitrogen and oxygen atoms in total. The van der Waals surface area contributed by atoms with Crippen LogP contribution in [0.3, 0.4) is 0 Å². The van der Waals surface area contributed by atoms with Crippen LogP contribution in [0, 0.1) is 5.92 Å². The van der Waals surface area contributed by atoms with Crippen molar-refractivity contribution in [2.24, 2.45) is 5.92 Å². The topological polar surface area (TPSA) is 31.0 Å². The van der Waals surface area contributed by atoms with Gasteiger partial charge in [-0.15, -0.1) is 0 Å². The molecule has 1 heterocycles. The van der Waals surface area contributed by atoms with Gasteiger partial charge in [0.15, 0.2) is 0 Å². The molecule has 1 fully saturated rings. The van der Waals surface area contributed by atoms with Gasteiger partial charge < -0.3 is 13.6 Å². The molecule has 1 rings (SSSR count). The molecule has 0 aromatic carbocycles. The van der Waals surface area contributed by atoms with Crippen LogP contribution in [-0.4, -0.2) is 33.5 Å². The first kappa shape index (κ1) is 17.1. The van der Waals surface area contributed by atoms with Gasteiger partial charge in [0, 0.05) is 13.2 Å². The van der Waals surface area contributed by atoms with E-state index >= 15 is 0 Å². The lowest BCUT2D eigenvalue weighted by Crippen LogP contribution is -2.39. The van der Waals surface area contributed by atoms with E-state index in [4.69, 9.17) is 13.6 Å². The van der Waals surface area contributed by atoms with E-state index in [1.807, 2.05) is 0 Å². The standard InChI is InChI=1S/C15H32O3Si/c1-7-16-19(6,17-8-2)12-11-13(3)9-10-14-15(4,5)18-14/h13-14H,7-12H2,1-6H3. The van der Waals surface area contributed by atoms with E-state index < -0.39 is 8.56 Å². The highest BCUT2D eigenvalue weighted by molar-refractivity contribution is 6.66. The second kappa shape index (κ2) is 7.20. The first-order valence-electron chi connectivity index (χ1n) is 7.78.